The summed E-state index contributed by atoms with van der Waals surface area (Å²) in [6.45, 7) is 6.92. The quantitative estimate of drug-likeness (QED) is 0.767. The number of rotatable bonds is 5. The van der Waals surface area contributed by atoms with E-state index in [1.165, 1.54) is 32.0 Å². The standard InChI is InChI=1S/C19H24IO/c1-19(2,3)14-6-8-15-7-4-5-9-18(15)20-16-10-12-17(21)13-11-16/h4-5,7,9-13,21H,6,8,14H2,1-3H3/q-1. The minimum absolute atomic E-state index is 0.163. The molecular formula is C19H24IO-. The maximum atomic E-state index is 9.38. The number of hydrogen-bond donors (Lipinski definition) is 1. The first-order chi connectivity index (χ1) is 9.94. The number of halogens is 1. The van der Waals surface area contributed by atoms with E-state index < -0.39 is 0 Å². The van der Waals surface area contributed by atoms with Crippen LogP contribution in [-0.4, -0.2) is 5.11 Å². The van der Waals surface area contributed by atoms with Gasteiger partial charge in [-0.05, 0) is 0 Å². The van der Waals surface area contributed by atoms with Gasteiger partial charge in [0.15, 0.2) is 0 Å². The molecular weight excluding hydrogens is 371 g/mol. The predicted molar refractivity (Wildman–Crippen MR) is 84.3 cm³/mol. The van der Waals surface area contributed by atoms with Gasteiger partial charge in [-0.15, -0.1) is 0 Å². The fourth-order valence-electron chi connectivity index (χ4n) is 2.22. The van der Waals surface area contributed by atoms with Gasteiger partial charge >= 0.3 is 139 Å². The first-order valence-corrected chi connectivity index (χ1v) is 9.61. The molecule has 0 amide bonds. The van der Waals surface area contributed by atoms with Crippen LogP contribution in [0.15, 0.2) is 48.5 Å². The van der Waals surface area contributed by atoms with E-state index in [0.29, 0.717) is 11.2 Å². The summed E-state index contributed by atoms with van der Waals surface area (Å²) < 4.78 is 2.87. The molecule has 0 aromatic heterocycles. The van der Waals surface area contributed by atoms with Crippen molar-refractivity contribution in [1.82, 2.24) is 0 Å². The Morgan fingerprint density at radius 1 is 0.952 bits per heavy atom. The first kappa shape index (κ1) is 16.3. The fraction of sp³-hybridized carbons (Fsp3) is 0.368. The minimum atomic E-state index is -0.163. The summed E-state index contributed by atoms with van der Waals surface area (Å²) in [4.78, 5) is 0. The molecule has 0 unspecified atom stereocenters. The third-order valence-corrected chi connectivity index (χ3v) is 6.34. The van der Waals surface area contributed by atoms with Crippen LogP contribution in [0.3, 0.4) is 0 Å². The Labute approximate surface area is 138 Å². The summed E-state index contributed by atoms with van der Waals surface area (Å²) in [5, 5.41) is 9.38. The van der Waals surface area contributed by atoms with Crippen molar-refractivity contribution in [3.63, 3.8) is 0 Å². The molecule has 2 aromatic carbocycles. The van der Waals surface area contributed by atoms with Crippen LogP contribution in [-0.2, 0) is 6.42 Å². The van der Waals surface area contributed by atoms with Crippen molar-refractivity contribution in [3.05, 3.63) is 61.2 Å². The van der Waals surface area contributed by atoms with E-state index in [4.69, 9.17) is 0 Å². The third kappa shape index (κ3) is 5.70. The second kappa shape index (κ2) is 7.30. The Morgan fingerprint density at radius 2 is 1.62 bits per heavy atom. The third-order valence-electron chi connectivity index (χ3n) is 3.37. The summed E-state index contributed by atoms with van der Waals surface area (Å²) >= 11 is -0.163. The second-order valence-electron chi connectivity index (χ2n) is 6.58. The molecule has 1 nitrogen and oxygen atoms in total. The topological polar surface area (TPSA) is 20.2 Å². The molecule has 0 aliphatic heterocycles. The molecule has 0 atom stereocenters. The van der Waals surface area contributed by atoms with Crippen LogP contribution < -0.4 is 21.2 Å². The van der Waals surface area contributed by atoms with E-state index in [9.17, 15) is 5.11 Å². The molecule has 0 heterocycles. The van der Waals surface area contributed by atoms with Crippen LogP contribution in [0, 0.1) is 12.6 Å². The number of phenolic OH excluding ortho intramolecular Hbond substituents is 1. The van der Waals surface area contributed by atoms with Gasteiger partial charge in [0, 0.05) is 0 Å². The molecule has 114 valence electrons. The molecule has 0 saturated carbocycles. The molecule has 0 spiro atoms. The summed E-state index contributed by atoms with van der Waals surface area (Å²) in [5.41, 5.74) is 1.92. The number of hydrogen-bond acceptors (Lipinski definition) is 1. The SMILES string of the molecule is CC(C)(C)CCCc1ccccc1[I-]c1ccc(O)cc1. The molecule has 2 rings (SSSR count). The number of benzene rings is 2. The molecule has 0 saturated heterocycles. The van der Waals surface area contributed by atoms with Crippen LogP contribution in [0.1, 0.15) is 39.2 Å². The molecule has 0 fully saturated rings. The molecule has 0 radical (unpaired) electrons. The zero-order valence-electron chi connectivity index (χ0n) is 13.1. The van der Waals surface area contributed by atoms with Crippen molar-refractivity contribution < 1.29 is 26.3 Å². The zero-order chi connectivity index (χ0) is 15.3. The summed E-state index contributed by atoms with van der Waals surface area (Å²) in [7, 11) is 0. The van der Waals surface area contributed by atoms with E-state index in [1.54, 1.807) is 12.1 Å². The van der Waals surface area contributed by atoms with E-state index in [1.807, 2.05) is 0 Å². The van der Waals surface area contributed by atoms with Gasteiger partial charge in [0.2, 0.25) is 0 Å². The average molecular weight is 395 g/mol. The molecule has 0 bridgehead atoms. The van der Waals surface area contributed by atoms with Crippen molar-refractivity contribution >= 4 is 0 Å². The summed E-state index contributed by atoms with van der Waals surface area (Å²) in [5.74, 6) is 0.348. The van der Waals surface area contributed by atoms with Gasteiger partial charge in [-0.3, -0.25) is 0 Å². The molecule has 21 heavy (non-hydrogen) atoms. The van der Waals surface area contributed by atoms with Gasteiger partial charge in [0.1, 0.15) is 0 Å². The maximum absolute atomic E-state index is 9.38. The van der Waals surface area contributed by atoms with Crippen LogP contribution in [0.2, 0.25) is 0 Å². The Bertz CT molecular complexity index is 567. The summed E-state index contributed by atoms with van der Waals surface area (Å²) in [6, 6.07) is 16.5. The van der Waals surface area contributed by atoms with E-state index >= 15 is 0 Å². The van der Waals surface area contributed by atoms with Gasteiger partial charge < -0.3 is 0 Å². The van der Waals surface area contributed by atoms with Crippen LogP contribution in [0.4, 0.5) is 0 Å². The van der Waals surface area contributed by atoms with Gasteiger partial charge in [-0.2, -0.15) is 0 Å². The first-order valence-electron chi connectivity index (χ1n) is 7.46. The Balaban J connectivity index is 2.04. The number of aryl methyl sites for hydroxylation is 1. The monoisotopic (exact) mass is 395 g/mol. The number of aromatic hydroxyl groups is 1. The van der Waals surface area contributed by atoms with Gasteiger partial charge in [-0.25, -0.2) is 0 Å². The van der Waals surface area contributed by atoms with Crippen molar-refractivity contribution in [2.45, 2.75) is 40.0 Å². The van der Waals surface area contributed by atoms with Crippen LogP contribution >= 0.6 is 0 Å². The molecule has 0 aliphatic rings. The van der Waals surface area contributed by atoms with Gasteiger partial charge in [-0.1, -0.05) is 0 Å². The average Bonchev–Trinajstić information content (AvgIpc) is 2.42. The van der Waals surface area contributed by atoms with Crippen LogP contribution in [0.5, 0.6) is 5.75 Å². The fourth-order valence-corrected chi connectivity index (χ4v) is 4.80. The van der Waals surface area contributed by atoms with Crippen molar-refractivity contribution in [2.75, 3.05) is 0 Å². The summed E-state index contributed by atoms with van der Waals surface area (Å²) in [6.07, 6.45) is 3.68. The molecule has 0 aliphatic carbocycles. The molecule has 1 N–H and O–H groups in total. The molecule has 2 heteroatoms. The van der Waals surface area contributed by atoms with Crippen molar-refractivity contribution in [1.29, 1.82) is 0 Å². The predicted octanol–water partition coefficient (Wildman–Crippen LogP) is 1.89. The van der Waals surface area contributed by atoms with Gasteiger partial charge in [0.05, 0.1) is 0 Å². The van der Waals surface area contributed by atoms with E-state index in [-0.39, 0.29) is 21.2 Å². The second-order valence-corrected chi connectivity index (χ2v) is 9.52. The van der Waals surface area contributed by atoms with E-state index in [2.05, 4.69) is 57.2 Å². The zero-order valence-corrected chi connectivity index (χ0v) is 15.2. The van der Waals surface area contributed by atoms with E-state index in [0.717, 1.165) is 0 Å². The Morgan fingerprint density at radius 3 is 2.29 bits per heavy atom. The number of phenols is 1. The van der Waals surface area contributed by atoms with Crippen molar-refractivity contribution in [2.24, 2.45) is 5.41 Å². The Kier molecular flexibility index (Phi) is 5.68. The normalized spacial score (nSPS) is 11.8. The Hall–Kier alpha value is -1.03. The molecule has 2 aromatic rings. The van der Waals surface area contributed by atoms with Gasteiger partial charge in [0.25, 0.3) is 0 Å². The van der Waals surface area contributed by atoms with Crippen molar-refractivity contribution in [3.8, 4) is 5.75 Å². The van der Waals surface area contributed by atoms with Crippen LogP contribution in [0.25, 0.3) is 0 Å².